The Morgan fingerprint density at radius 1 is 0.816 bits per heavy atom. The molecule has 1 saturated heterocycles. The second-order valence-electron chi connectivity index (χ2n) is 16.9. The Hall–Kier alpha value is -0.490. The topological polar surface area (TPSA) is 213 Å². The van der Waals surface area contributed by atoms with Crippen molar-refractivity contribution >= 4 is 10.4 Å². The van der Waals surface area contributed by atoms with Crippen LogP contribution in [0, 0.1) is 58.2 Å². The van der Waals surface area contributed by atoms with Gasteiger partial charge in [-0.3, -0.25) is 4.55 Å². The van der Waals surface area contributed by atoms with Crippen molar-refractivity contribution in [3.05, 3.63) is 0 Å². The molecule has 4 saturated carbocycles. The van der Waals surface area contributed by atoms with Gasteiger partial charge in [-0.05, 0) is 97.2 Å². The van der Waals surface area contributed by atoms with Crippen LogP contribution in [0.5, 0.6) is 0 Å². The summed E-state index contributed by atoms with van der Waals surface area (Å²) in [5, 5.41) is 65.8. The highest BCUT2D eigenvalue weighted by Crippen LogP contribution is 2.68. The summed E-state index contributed by atoms with van der Waals surface area (Å²) in [4.78, 5) is 0. The molecule has 1 heterocycles. The molecule has 0 bridgehead atoms. The molecule has 13 nitrogen and oxygen atoms in total. The maximum Gasteiger partial charge on any atom is 0.397 e. The van der Waals surface area contributed by atoms with Gasteiger partial charge in [-0.25, -0.2) is 4.18 Å². The van der Waals surface area contributed by atoms with Crippen molar-refractivity contribution < 1.29 is 62.0 Å². The predicted octanol–water partition coefficient (Wildman–Crippen LogP) is 1.90. The molecule has 7 N–H and O–H groups in total. The van der Waals surface area contributed by atoms with Crippen molar-refractivity contribution in [2.45, 2.75) is 141 Å². The normalized spacial score (nSPS) is 48.4. The van der Waals surface area contributed by atoms with Gasteiger partial charge in [-0.2, -0.15) is 8.42 Å². The third-order valence-electron chi connectivity index (χ3n) is 14.1. The molecule has 49 heavy (non-hydrogen) atoms. The summed E-state index contributed by atoms with van der Waals surface area (Å²) in [5.74, 6) is -0.778. The average molecular weight is 723 g/mol. The van der Waals surface area contributed by atoms with E-state index in [0.29, 0.717) is 25.4 Å². The standard InChI is InChI=1S/C35H62O13S/c1-17(2)19(11-14-46-33-32(41)29(38)24(45-6)16-47-33)8-7-18(3)25-30(39)31(40)26-20-15-23(48-49(42,43)44)27-28(37)22(36)10-13-34(27,4)21(20)9-12-35(25,26)5/h17-33,36-41H,7-16H2,1-6H3,(H,42,43,44)/t18-,19-,20-,21+,22+,23+,24-,25+,26-,27+,28+,29+,30-,31+,32-,33-,34-,35-/m1/s1. The van der Waals surface area contributed by atoms with Gasteiger partial charge in [0.25, 0.3) is 0 Å². The minimum atomic E-state index is -4.86. The molecule has 0 amide bonds. The first-order chi connectivity index (χ1) is 22.9. The molecular formula is C35H62O13S. The van der Waals surface area contributed by atoms with Crippen LogP contribution in [0.25, 0.3) is 0 Å². The number of rotatable bonds is 12. The Balaban J connectivity index is 1.27. The predicted molar refractivity (Wildman–Crippen MR) is 177 cm³/mol. The highest BCUT2D eigenvalue weighted by Gasteiger charge is 2.68. The Morgan fingerprint density at radius 3 is 2.12 bits per heavy atom. The summed E-state index contributed by atoms with van der Waals surface area (Å²) < 4.78 is 55.6. The molecule has 5 fully saturated rings. The number of methoxy groups -OCH3 is 1. The van der Waals surface area contributed by atoms with Crippen molar-refractivity contribution in [3.8, 4) is 0 Å². The van der Waals surface area contributed by atoms with Crippen LogP contribution in [0.4, 0.5) is 0 Å². The zero-order valence-electron chi connectivity index (χ0n) is 29.9. The molecule has 0 radical (unpaired) electrons. The maximum absolute atomic E-state index is 12.0. The zero-order chi connectivity index (χ0) is 36.2. The molecule has 5 rings (SSSR count). The summed E-state index contributed by atoms with van der Waals surface area (Å²) >= 11 is 0. The minimum absolute atomic E-state index is 0.00774. The van der Waals surface area contributed by atoms with Crippen molar-refractivity contribution in [1.29, 1.82) is 0 Å². The van der Waals surface area contributed by atoms with Gasteiger partial charge in [0.1, 0.15) is 18.3 Å². The van der Waals surface area contributed by atoms with E-state index >= 15 is 0 Å². The van der Waals surface area contributed by atoms with E-state index in [-0.39, 0.29) is 48.5 Å². The molecule has 14 heteroatoms. The smallest absolute Gasteiger partial charge is 0.390 e. The van der Waals surface area contributed by atoms with Crippen LogP contribution in [0.2, 0.25) is 0 Å². The molecule has 0 aromatic carbocycles. The van der Waals surface area contributed by atoms with Crippen LogP contribution in [0.3, 0.4) is 0 Å². The van der Waals surface area contributed by atoms with E-state index in [4.69, 9.17) is 18.4 Å². The lowest BCUT2D eigenvalue weighted by Crippen LogP contribution is -2.64. The van der Waals surface area contributed by atoms with Crippen LogP contribution < -0.4 is 0 Å². The first-order valence-corrected chi connectivity index (χ1v) is 19.7. The summed E-state index contributed by atoms with van der Waals surface area (Å²) in [5.41, 5.74) is -1.04. The SMILES string of the molecule is CO[C@@H]1CO[C@@H](OCC[C@@H](CC[C@@H](C)[C@H]2[C@@H](O)[C@@H](O)[C@H]3[C@@H]4C[C@H](OS(=O)(=O)O)[C@H]5[C@@H](O)[C@@H](O)CC[C@]5(C)[C@H]4CC[C@]23C)C(C)C)[C@H](O)[C@H]1O. The van der Waals surface area contributed by atoms with Gasteiger partial charge in [-0.15, -0.1) is 0 Å². The van der Waals surface area contributed by atoms with Crippen LogP contribution in [0.1, 0.15) is 86.0 Å². The van der Waals surface area contributed by atoms with Crippen molar-refractivity contribution in [1.82, 2.24) is 0 Å². The first-order valence-electron chi connectivity index (χ1n) is 18.4. The van der Waals surface area contributed by atoms with E-state index in [1.165, 1.54) is 7.11 Å². The quantitative estimate of drug-likeness (QED) is 0.144. The number of hydrogen-bond donors (Lipinski definition) is 7. The van der Waals surface area contributed by atoms with Gasteiger partial charge in [-0.1, -0.05) is 41.0 Å². The number of aliphatic hydroxyl groups excluding tert-OH is 6. The number of fused-ring (bicyclic) bond motifs is 5. The summed E-state index contributed by atoms with van der Waals surface area (Å²) in [6.07, 6.45) is -4.16. The zero-order valence-corrected chi connectivity index (χ0v) is 30.7. The van der Waals surface area contributed by atoms with E-state index in [9.17, 15) is 43.6 Å². The fourth-order valence-electron chi connectivity index (χ4n) is 11.6. The van der Waals surface area contributed by atoms with Crippen molar-refractivity contribution in [2.75, 3.05) is 20.3 Å². The largest absolute Gasteiger partial charge is 0.397 e. The van der Waals surface area contributed by atoms with Crippen molar-refractivity contribution in [3.63, 3.8) is 0 Å². The highest BCUT2D eigenvalue weighted by atomic mass is 32.3. The maximum atomic E-state index is 12.0. The molecule has 4 aliphatic carbocycles. The first kappa shape index (κ1) is 39.7. The third-order valence-corrected chi connectivity index (χ3v) is 14.6. The van der Waals surface area contributed by atoms with E-state index < -0.39 is 82.3 Å². The number of hydrogen-bond acceptors (Lipinski definition) is 12. The van der Waals surface area contributed by atoms with E-state index in [1.54, 1.807) is 0 Å². The fourth-order valence-corrected chi connectivity index (χ4v) is 12.2. The molecule has 0 spiro atoms. The van der Waals surface area contributed by atoms with Crippen LogP contribution in [0.15, 0.2) is 0 Å². The fraction of sp³-hybridized carbons (Fsp3) is 1.00. The van der Waals surface area contributed by atoms with Gasteiger partial charge in [0.2, 0.25) is 0 Å². The van der Waals surface area contributed by atoms with Gasteiger partial charge >= 0.3 is 10.4 Å². The van der Waals surface area contributed by atoms with E-state index in [2.05, 4.69) is 27.7 Å². The minimum Gasteiger partial charge on any atom is -0.390 e. The summed E-state index contributed by atoms with van der Waals surface area (Å²) in [6, 6.07) is 0. The Labute approximate surface area is 291 Å². The Bertz CT molecular complexity index is 1220. The Kier molecular flexibility index (Phi) is 12.2. The monoisotopic (exact) mass is 722 g/mol. The van der Waals surface area contributed by atoms with E-state index in [0.717, 1.165) is 32.1 Å². The van der Waals surface area contributed by atoms with Crippen molar-refractivity contribution in [2.24, 2.45) is 58.2 Å². The second kappa shape index (κ2) is 15.1. The van der Waals surface area contributed by atoms with Gasteiger partial charge < -0.3 is 44.8 Å². The lowest BCUT2D eigenvalue weighted by Gasteiger charge is -2.63. The molecule has 18 atom stereocenters. The molecule has 286 valence electrons. The van der Waals surface area contributed by atoms with Crippen LogP contribution >= 0.6 is 0 Å². The molecule has 0 unspecified atom stereocenters. The van der Waals surface area contributed by atoms with Gasteiger partial charge in [0, 0.05) is 13.0 Å². The second-order valence-corrected chi connectivity index (χ2v) is 18.0. The van der Waals surface area contributed by atoms with Gasteiger partial charge in [0.15, 0.2) is 6.29 Å². The molecular weight excluding hydrogens is 660 g/mol. The highest BCUT2D eigenvalue weighted by molar-refractivity contribution is 7.80. The molecule has 5 aliphatic rings. The summed E-state index contributed by atoms with van der Waals surface area (Å²) in [7, 11) is -3.41. The lowest BCUT2D eigenvalue weighted by atomic mass is 9.43. The average Bonchev–Trinajstić information content (AvgIpc) is 3.22. The molecule has 0 aromatic heterocycles. The molecule has 0 aromatic rings. The van der Waals surface area contributed by atoms with E-state index in [1.807, 2.05) is 6.92 Å². The lowest BCUT2D eigenvalue weighted by molar-refractivity contribution is -0.274. The third kappa shape index (κ3) is 7.50. The Morgan fingerprint density at radius 2 is 1.49 bits per heavy atom. The number of aliphatic hydroxyl groups is 6. The van der Waals surface area contributed by atoms with Crippen LogP contribution in [-0.2, 0) is 28.8 Å². The molecule has 1 aliphatic heterocycles. The number of ether oxygens (including phenoxy) is 3. The van der Waals surface area contributed by atoms with Gasteiger partial charge in [0.05, 0.1) is 43.7 Å². The van der Waals surface area contributed by atoms with Crippen LogP contribution in [-0.4, -0.2) is 119 Å². The summed E-state index contributed by atoms with van der Waals surface area (Å²) in [6.45, 7) is 11.1.